The van der Waals surface area contributed by atoms with Crippen LogP contribution in [0.4, 0.5) is 0 Å². The van der Waals surface area contributed by atoms with E-state index in [1.807, 2.05) is 0 Å². The van der Waals surface area contributed by atoms with E-state index in [1.54, 1.807) is 0 Å². The monoisotopic (exact) mass is 200 g/mol. The third-order valence-corrected chi connectivity index (χ3v) is 2.08. The van der Waals surface area contributed by atoms with Crippen molar-refractivity contribution in [2.24, 2.45) is 7.05 Å². The highest BCUT2D eigenvalue weighted by atomic mass is 16.3. The van der Waals surface area contributed by atoms with Crippen LogP contribution in [0.5, 0.6) is 5.75 Å². The van der Waals surface area contributed by atoms with Gasteiger partial charge in [0.15, 0.2) is 0 Å². The van der Waals surface area contributed by atoms with Crippen LogP contribution in [0.1, 0.15) is 18.8 Å². The normalized spacial score (nSPS) is 12.9. The van der Waals surface area contributed by atoms with Gasteiger partial charge >= 0.3 is 5.69 Å². The van der Waals surface area contributed by atoms with Gasteiger partial charge in [-0.15, -0.1) is 0 Å². The van der Waals surface area contributed by atoms with Gasteiger partial charge in [0.1, 0.15) is 6.23 Å². The molecule has 14 heavy (non-hydrogen) atoms. The maximum Gasteiger partial charge on any atom is 0.333 e. The Morgan fingerprint density at radius 1 is 1.36 bits per heavy atom. The van der Waals surface area contributed by atoms with Crippen molar-refractivity contribution in [2.45, 2.75) is 20.1 Å². The molecule has 0 fully saturated rings. The van der Waals surface area contributed by atoms with Gasteiger partial charge in [0, 0.05) is 7.05 Å². The van der Waals surface area contributed by atoms with Crippen LogP contribution in [0.3, 0.4) is 0 Å². The van der Waals surface area contributed by atoms with E-state index >= 15 is 0 Å². The highest BCUT2D eigenvalue weighted by molar-refractivity contribution is 5.22. The lowest BCUT2D eigenvalue weighted by Gasteiger charge is -2.14. The number of aliphatic hydroxyl groups excluding tert-OH is 1. The van der Waals surface area contributed by atoms with E-state index in [1.165, 1.54) is 20.9 Å². The molecular weight excluding hydrogens is 188 g/mol. The summed E-state index contributed by atoms with van der Waals surface area (Å²) in [6, 6.07) is 0. The lowest BCUT2D eigenvalue weighted by Crippen LogP contribution is -2.40. The number of aromatic nitrogens is 2. The van der Waals surface area contributed by atoms with Gasteiger partial charge < -0.3 is 10.2 Å². The summed E-state index contributed by atoms with van der Waals surface area (Å²) in [6.45, 7) is 2.77. The molecule has 1 heterocycles. The average Bonchev–Trinajstić information content (AvgIpc) is 2.11. The SMILES string of the molecule is Cc1c(O)c(=O)n(C)c(=O)n1C(C)O. The molecule has 0 amide bonds. The van der Waals surface area contributed by atoms with E-state index in [9.17, 15) is 19.8 Å². The quantitative estimate of drug-likeness (QED) is 0.613. The summed E-state index contributed by atoms with van der Waals surface area (Å²) >= 11 is 0. The van der Waals surface area contributed by atoms with E-state index in [-0.39, 0.29) is 5.69 Å². The number of aromatic hydroxyl groups is 1. The third-order valence-electron chi connectivity index (χ3n) is 2.08. The van der Waals surface area contributed by atoms with Gasteiger partial charge in [-0.2, -0.15) is 0 Å². The highest BCUT2D eigenvalue weighted by Gasteiger charge is 2.15. The molecule has 0 aromatic carbocycles. The van der Waals surface area contributed by atoms with Gasteiger partial charge in [-0.3, -0.25) is 13.9 Å². The molecule has 0 saturated carbocycles. The minimum Gasteiger partial charge on any atom is -0.502 e. The van der Waals surface area contributed by atoms with Crippen molar-refractivity contribution >= 4 is 0 Å². The molecule has 0 bridgehead atoms. The lowest BCUT2D eigenvalue weighted by atomic mass is 10.3. The molecule has 0 saturated heterocycles. The first-order chi connectivity index (χ1) is 6.37. The second-order valence-corrected chi connectivity index (χ2v) is 3.08. The van der Waals surface area contributed by atoms with Crippen LogP contribution in [0.2, 0.25) is 0 Å². The van der Waals surface area contributed by atoms with Gasteiger partial charge in [-0.25, -0.2) is 4.79 Å². The molecule has 6 heteroatoms. The van der Waals surface area contributed by atoms with Crippen molar-refractivity contribution in [1.82, 2.24) is 9.13 Å². The lowest BCUT2D eigenvalue weighted by molar-refractivity contribution is 0.113. The summed E-state index contributed by atoms with van der Waals surface area (Å²) in [5.41, 5.74) is -1.35. The zero-order chi connectivity index (χ0) is 11.0. The molecule has 1 rings (SSSR count). The van der Waals surface area contributed by atoms with Gasteiger partial charge in [0.2, 0.25) is 5.75 Å². The van der Waals surface area contributed by atoms with Crippen molar-refractivity contribution in [1.29, 1.82) is 0 Å². The first-order valence-electron chi connectivity index (χ1n) is 4.07. The van der Waals surface area contributed by atoms with Crippen LogP contribution in [0, 0.1) is 6.92 Å². The van der Waals surface area contributed by atoms with Gasteiger partial charge in [-0.1, -0.05) is 0 Å². The van der Waals surface area contributed by atoms with Crippen LogP contribution in [0.15, 0.2) is 9.59 Å². The summed E-state index contributed by atoms with van der Waals surface area (Å²) in [6.07, 6.45) is -1.08. The fourth-order valence-corrected chi connectivity index (χ4v) is 1.26. The average molecular weight is 200 g/mol. The maximum atomic E-state index is 11.5. The Balaban J connectivity index is 3.79. The van der Waals surface area contributed by atoms with Gasteiger partial charge in [-0.05, 0) is 13.8 Å². The Labute approximate surface area is 79.7 Å². The molecule has 0 spiro atoms. The van der Waals surface area contributed by atoms with Crippen molar-refractivity contribution in [3.05, 3.63) is 26.5 Å². The van der Waals surface area contributed by atoms with Crippen LogP contribution < -0.4 is 11.2 Å². The molecule has 0 aliphatic rings. The van der Waals surface area contributed by atoms with Crippen molar-refractivity contribution in [2.75, 3.05) is 0 Å². The summed E-state index contributed by atoms with van der Waals surface area (Å²) in [4.78, 5) is 22.7. The second kappa shape index (κ2) is 3.30. The predicted molar refractivity (Wildman–Crippen MR) is 49.3 cm³/mol. The minimum absolute atomic E-state index is 0.0631. The Hall–Kier alpha value is -1.56. The molecule has 78 valence electrons. The van der Waals surface area contributed by atoms with Crippen molar-refractivity contribution < 1.29 is 10.2 Å². The Bertz CT molecular complexity index is 469. The van der Waals surface area contributed by atoms with E-state index in [0.29, 0.717) is 0 Å². The topological polar surface area (TPSA) is 84.5 Å². The molecule has 1 aromatic heterocycles. The van der Waals surface area contributed by atoms with E-state index in [2.05, 4.69) is 0 Å². The zero-order valence-corrected chi connectivity index (χ0v) is 8.18. The third kappa shape index (κ3) is 1.33. The number of aliphatic hydroxyl groups is 1. The first-order valence-corrected chi connectivity index (χ1v) is 4.07. The molecule has 0 aliphatic heterocycles. The standard InChI is InChI=1S/C8H12N2O4/c1-4-6(12)7(13)9(3)8(14)10(4)5(2)11/h5,11-12H,1-3H3. The molecule has 2 N–H and O–H groups in total. The molecule has 6 nitrogen and oxygen atoms in total. The Kier molecular flexibility index (Phi) is 2.48. The highest BCUT2D eigenvalue weighted by Crippen LogP contribution is 2.09. The molecule has 1 atom stereocenters. The fraction of sp³-hybridized carbons (Fsp3) is 0.500. The zero-order valence-electron chi connectivity index (χ0n) is 8.18. The van der Waals surface area contributed by atoms with Crippen LogP contribution >= 0.6 is 0 Å². The summed E-state index contributed by atoms with van der Waals surface area (Å²) in [5, 5.41) is 18.6. The number of nitrogens with zero attached hydrogens (tertiary/aromatic N) is 2. The molecule has 1 aromatic rings. The van der Waals surface area contributed by atoms with Crippen molar-refractivity contribution in [3.8, 4) is 5.75 Å². The Morgan fingerprint density at radius 2 is 1.86 bits per heavy atom. The van der Waals surface area contributed by atoms with E-state index in [0.717, 1.165) is 9.13 Å². The fourth-order valence-electron chi connectivity index (χ4n) is 1.26. The number of hydrogen-bond acceptors (Lipinski definition) is 4. The molecule has 0 radical (unpaired) electrons. The van der Waals surface area contributed by atoms with Gasteiger partial charge in [0.25, 0.3) is 5.56 Å². The summed E-state index contributed by atoms with van der Waals surface area (Å²) in [5.74, 6) is -0.520. The van der Waals surface area contributed by atoms with Crippen molar-refractivity contribution in [3.63, 3.8) is 0 Å². The first kappa shape index (κ1) is 10.5. The van der Waals surface area contributed by atoms with Crippen LogP contribution in [-0.2, 0) is 7.05 Å². The predicted octanol–water partition coefficient (Wildman–Crippen LogP) is -0.928. The van der Waals surface area contributed by atoms with E-state index in [4.69, 9.17) is 0 Å². The minimum atomic E-state index is -1.08. The number of hydrogen-bond donors (Lipinski definition) is 2. The Morgan fingerprint density at radius 3 is 2.29 bits per heavy atom. The number of rotatable bonds is 1. The summed E-state index contributed by atoms with van der Waals surface area (Å²) in [7, 11) is 1.24. The molecular formula is C8H12N2O4. The maximum absolute atomic E-state index is 11.5. The largest absolute Gasteiger partial charge is 0.502 e. The smallest absolute Gasteiger partial charge is 0.333 e. The molecule has 0 aliphatic carbocycles. The molecule has 1 unspecified atom stereocenters. The van der Waals surface area contributed by atoms with Crippen LogP contribution in [0.25, 0.3) is 0 Å². The van der Waals surface area contributed by atoms with Crippen LogP contribution in [-0.4, -0.2) is 19.3 Å². The summed E-state index contributed by atoms with van der Waals surface area (Å²) < 4.78 is 1.69. The second-order valence-electron chi connectivity index (χ2n) is 3.08. The van der Waals surface area contributed by atoms with Gasteiger partial charge in [0.05, 0.1) is 5.69 Å². The van der Waals surface area contributed by atoms with E-state index < -0.39 is 23.2 Å².